The van der Waals surface area contributed by atoms with E-state index in [9.17, 15) is 0 Å². The zero-order chi connectivity index (χ0) is 8.39. The summed E-state index contributed by atoms with van der Waals surface area (Å²) in [5, 5.41) is 15.5. The van der Waals surface area contributed by atoms with Crippen molar-refractivity contribution in [1.82, 2.24) is 14.8 Å². The van der Waals surface area contributed by atoms with Crippen molar-refractivity contribution >= 4 is 0 Å². The minimum Gasteiger partial charge on any atom is -0.390 e. The number of nitrogens with one attached hydrogen (secondary N) is 1. The van der Waals surface area contributed by atoms with Crippen LogP contribution in [0.15, 0.2) is 30.7 Å². The standard InChI is InChI=1S/C8H9N3O/c12-6-7-2-1-3-11(7)8-4-9-10-5-8/h1-5,12H,6H2,(H,9,10). The lowest BCUT2D eigenvalue weighted by Crippen LogP contribution is -1.96. The molecule has 0 atom stereocenters. The van der Waals surface area contributed by atoms with Crippen molar-refractivity contribution in [2.24, 2.45) is 0 Å². The highest BCUT2D eigenvalue weighted by Crippen LogP contribution is 2.09. The minimum absolute atomic E-state index is 0.0399. The minimum atomic E-state index is 0.0399. The Balaban J connectivity index is 2.46. The van der Waals surface area contributed by atoms with E-state index in [4.69, 9.17) is 5.11 Å². The van der Waals surface area contributed by atoms with E-state index >= 15 is 0 Å². The van der Waals surface area contributed by atoms with Crippen molar-refractivity contribution < 1.29 is 5.11 Å². The predicted octanol–water partition coefficient (Wildman–Crippen LogP) is 0.693. The first-order chi connectivity index (χ1) is 5.92. The van der Waals surface area contributed by atoms with Gasteiger partial charge in [-0.1, -0.05) is 0 Å². The van der Waals surface area contributed by atoms with Crippen LogP contribution in [0.4, 0.5) is 0 Å². The second-order valence-electron chi connectivity index (χ2n) is 2.48. The fourth-order valence-electron chi connectivity index (χ4n) is 1.17. The van der Waals surface area contributed by atoms with E-state index in [1.807, 2.05) is 22.9 Å². The van der Waals surface area contributed by atoms with E-state index in [2.05, 4.69) is 10.2 Å². The third-order valence-electron chi connectivity index (χ3n) is 1.76. The largest absolute Gasteiger partial charge is 0.390 e. The van der Waals surface area contributed by atoms with Gasteiger partial charge in [-0.2, -0.15) is 5.10 Å². The first-order valence-electron chi connectivity index (χ1n) is 3.68. The van der Waals surface area contributed by atoms with Gasteiger partial charge in [0.15, 0.2) is 0 Å². The van der Waals surface area contributed by atoms with Crippen molar-refractivity contribution in [3.05, 3.63) is 36.4 Å². The molecule has 0 saturated carbocycles. The van der Waals surface area contributed by atoms with Gasteiger partial charge < -0.3 is 9.67 Å². The maximum absolute atomic E-state index is 8.95. The molecule has 0 radical (unpaired) electrons. The lowest BCUT2D eigenvalue weighted by molar-refractivity contribution is 0.274. The second kappa shape index (κ2) is 2.83. The predicted molar refractivity (Wildman–Crippen MR) is 43.8 cm³/mol. The van der Waals surface area contributed by atoms with E-state index in [1.165, 1.54) is 0 Å². The van der Waals surface area contributed by atoms with Gasteiger partial charge in [0.1, 0.15) is 0 Å². The Morgan fingerprint density at radius 3 is 3.17 bits per heavy atom. The molecular weight excluding hydrogens is 154 g/mol. The zero-order valence-electron chi connectivity index (χ0n) is 6.44. The lowest BCUT2D eigenvalue weighted by Gasteiger charge is -2.01. The van der Waals surface area contributed by atoms with Gasteiger partial charge in [0, 0.05) is 18.1 Å². The quantitative estimate of drug-likeness (QED) is 0.684. The van der Waals surface area contributed by atoms with Crippen molar-refractivity contribution in [3.63, 3.8) is 0 Å². The molecule has 0 saturated heterocycles. The molecular formula is C8H9N3O. The van der Waals surface area contributed by atoms with Crippen LogP contribution < -0.4 is 0 Å². The van der Waals surface area contributed by atoms with Crippen LogP contribution in [-0.2, 0) is 6.61 Å². The summed E-state index contributed by atoms with van der Waals surface area (Å²) in [5.41, 5.74) is 1.79. The highest BCUT2D eigenvalue weighted by Gasteiger charge is 2.01. The Morgan fingerprint density at radius 2 is 2.50 bits per heavy atom. The molecule has 4 nitrogen and oxygen atoms in total. The average molecular weight is 163 g/mol. The molecule has 2 aromatic rings. The van der Waals surface area contributed by atoms with Gasteiger partial charge in [0.2, 0.25) is 0 Å². The molecule has 0 bridgehead atoms. The number of rotatable bonds is 2. The Kier molecular flexibility index (Phi) is 1.68. The molecule has 0 aliphatic heterocycles. The van der Waals surface area contributed by atoms with Crippen molar-refractivity contribution in [2.75, 3.05) is 0 Å². The van der Waals surface area contributed by atoms with E-state index in [0.29, 0.717) is 0 Å². The summed E-state index contributed by atoms with van der Waals surface area (Å²) in [6.45, 7) is 0.0399. The molecule has 0 spiro atoms. The number of aromatic nitrogens is 3. The summed E-state index contributed by atoms with van der Waals surface area (Å²) in [6, 6.07) is 3.76. The Bertz CT molecular complexity index is 350. The Morgan fingerprint density at radius 1 is 1.58 bits per heavy atom. The highest BCUT2D eigenvalue weighted by molar-refractivity contribution is 5.29. The second-order valence-corrected chi connectivity index (χ2v) is 2.48. The molecule has 0 aliphatic rings. The number of nitrogens with zero attached hydrogens (tertiary/aromatic N) is 2. The van der Waals surface area contributed by atoms with Crippen LogP contribution in [0.3, 0.4) is 0 Å². The molecule has 0 aliphatic carbocycles. The number of aromatic amines is 1. The maximum Gasteiger partial charge on any atom is 0.0836 e. The summed E-state index contributed by atoms with van der Waals surface area (Å²) >= 11 is 0. The number of hydrogen-bond acceptors (Lipinski definition) is 2. The van der Waals surface area contributed by atoms with Gasteiger partial charge in [-0.15, -0.1) is 0 Å². The normalized spacial score (nSPS) is 10.4. The summed E-state index contributed by atoms with van der Waals surface area (Å²) in [5.74, 6) is 0. The zero-order valence-corrected chi connectivity index (χ0v) is 6.44. The molecule has 0 amide bonds. The Labute approximate surface area is 69.5 Å². The third kappa shape index (κ3) is 1.02. The average Bonchev–Trinajstić information content (AvgIpc) is 2.74. The van der Waals surface area contributed by atoms with Crippen LogP contribution in [-0.4, -0.2) is 19.9 Å². The number of aliphatic hydroxyl groups is 1. The summed E-state index contributed by atoms with van der Waals surface area (Å²) < 4.78 is 1.88. The van der Waals surface area contributed by atoms with E-state index in [1.54, 1.807) is 12.4 Å². The molecule has 2 N–H and O–H groups in total. The van der Waals surface area contributed by atoms with Gasteiger partial charge in [-0.25, -0.2) is 0 Å². The first kappa shape index (κ1) is 7.12. The maximum atomic E-state index is 8.95. The van der Waals surface area contributed by atoms with Crippen LogP contribution >= 0.6 is 0 Å². The van der Waals surface area contributed by atoms with E-state index in [0.717, 1.165) is 11.4 Å². The van der Waals surface area contributed by atoms with Crippen LogP contribution in [0.1, 0.15) is 5.69 Å². The Hall–Kier alpha value is -1.55. The van der Waals surface area contributed by atoms with Crippen molar-refractivity contribution in [1.29, 1.82) is 0 Å². The van der Waals surface area contributed by atoms with Crippen LogP contribution in [0, 0.1) is 0 Å². The summed E-state index contributed by atoms with van der Waals surface area (Å²) in [4.78, 5) is 0. The summed E-state index contributed by atoms with van der Waals surface area (Å²) in [7, 11) is 0. The van der Waals surface area contributed by atoms with Crippen molar-refractivity contribution in [2.45, 2.75) is 6.61 Å². The highest BCUT2D eigenvalue weighted by atomic mass is 16.3. The van der Waals surface area contributed by atoms with Crippen LogP contribution in [0.5, 0.6) is 0 Å². The molecule has 62 valence electrons. The molecule has 0 aromatic carbocycles. The van der Waals surface area contributed by atoms with Gasteiger partial charge in [-0.3, -0.25) is 5.10 Å². The number of H-pyrrole nitrogens is 1. The molecule has 4 heteroatoms. The van der Waals surface area contributed by atoms with Gasteiger partial charge in [0.05, 0.1) is 18.5 Å². The van der Waals surface area contributed by atoms with E-state index < -0.39 is 0 Å². The molecule has 2 rings (SSSR count). The monoisotopic (exact) mass is 163 g/mol. The SMILES string of the molecule is OCc1cccn1-c1cn[nH]c1. The first-order valence-corrected chi connectivity index (χ1v) is 3.68. The fraction of sp³-hybridized carbons (Fsp3) is 0.125. The number of aliphatic hydroxyl groups excluding tert-OH is 1. The number of hydrogen-bond donors (Lipinski definition) is 2. The molecule has 12 heavy (non-hydrogen) atoms. The van der Waals surface area contributed by atoms with Gasteiger partial charge >= 0.3 is 0 Å². The molecule has 2 heterocycles. The van der Waals surface area contributed by atoms with Gasteiger partial charge in [-0.05, 0) is 12.1 Å². The molecule has 0 fully saturated rings. The van der Waals surface area contributed by atoms with Crippen LogP contribution in [0.2, 0.25) is 0 Å². The van der Waals surface area contributed by atoms with Crippen LogP contribution in [0.25, 0.3) is 5.69 Å². The lowest BCUT2D eigenvalue weighted by atomic mass is 10.4. The third-order valence-corrected chi connectivity index (χ3v) is 1.76. The van der Waals surface area contributed by atoms with Gasteiger partial charge in [0.25, 0.3) is 0 Å². The molecule has 0 unspecified atom stereocenters. The summed E-state index contributed by atoms with van der Waals surface area (Å²) in [6.07, 6.45) is 5.37. The fourth-order valence-corrected chi connectivity index (χ4v) is 1.17. The van der Waals surface area contributed by atoms with E-state index in [-0.39, 0.29) is 6.61 Å². The van der Waals surface area contributed by atoms with Crippen molar-refractivity contribution in [3.8, 4) is 5.69 Å². The molecule has 2 aromatic heterocycles. The smallest absolute Gasteiger partial charge is 0.0836 e. The topological polar surface area (TPSA) is 53.8 Å².